The van der Waals surface area contributed by atoms with Gasteiger partial charge >= 0.3 is 0 Å². The first-order chi connectivity index (χ1) is 5.86. The molecule has 0 aromatic heterocycles. The molecule has 1 aliphatic rings. The van der Waals surface area contributed by atoms with Gasteiger partial charge in [0.25, 0.3) is 0 Å². The molecule has 1 heterocycles. The lowest BCUT2D eigenvalue weighted by atomic mass is 10.1. The largest absolute Gasteiger partial charge is 0.330 e. The van der Waals surface area contributed by atoms with Crippen LogP contribution in [0.15, 0.2) is 35.3 Å². The summed E-state index contributed by atoms with van der Waals surface area (Å²) in [5.74, 6) is 0. The van der Waals surface area contributed by atoms with Crippen molar-refractivity contribution in [2.24, 2.45) is 10.7 Å². The summed E-state index contributed by atoms with van der Waals surface area (Å²) in [7, 11) is 0. The third-order valence-corrected chi connectivity index (χ3v) is 1.78. The highest BCUT2D eigenvalue weighted by Gasteiger charge is 2.17. The number of hydrogen-bond acceptors (Lipinski definition) is 3. The highest BCUT2D eigenvalue weighted by molar-refractivity contribution is 5.67. The van der Waals surface area contributed by atoms with E-state index in [0.717, 1.165) is 5.56 Å². The zero-order valence-corrected chi connectivity index (χ0v) is 6.55. The number of hydrogen-bond donors (Lipinski definition) is 1. The molecule has 0 bridgehead atoms. The van der Waals surface area contributed by atoms with Gasteiger partial charge in [-0.05, 0) is 5.56 Å². The lowest BCUT2D eigenvalue weighted by Crippen LogP contribution is -2.17. The average Bonchev–Trinajstić information content (AvgIpc) is 2.54. The summed E-state index contributed by atoms with van der Waals surface area (Å²) in [5.41, 5.74) is 6.53. The van der Waals surface area contributed by atoms with E-state index in [4.69, 9.17) is 10.5 Å². The molecule has 2 unspecified atom stereocenters. The highest BCUT2D eigenvalue weighted by Crippen LogP contribution is 2.19. The molecule has 62 valence electrons. The molecule has 1 aromatic carbocycles. The van der Waals surface area contributed by atoms with E-state index in [1.165, 1.54) is 0 Å². The Bertz CT molecular complexity index is 284. The normalized spacial score (nSPS) is 27.8. The molecule has 0 saturated carbocycles. The fraction of sp³-hybridized carbons (Fsp3) is 0.222. The summed E-state index contributed by atoms with van der Waals surface area (Å²) in [5, 5.41) is 0. The molecule has 0 amide bonds. The van der Waals surface area contributed by atoms with Gasteiger partial charge in [0, 0.05) is 6.21 Å². The maximum atomic E-state index is 5.44. The number of ether oxygens (including phenoxy) is 1. The van der Waals surface area contributed by atoms with Gasteiger partial charge in [0.2, 0.25) is 6.35 Å². The number of benzene rings is 1. The first-order valence-electron chi connectivity index (χ1n) is 3.85. The molecule has 3 nitrogen and oxygen atoms in total. The summed E-state index contributed by atoms with van der Waals surface area (Å²) in [6.07, 6.45) is 1.18. The van der Waals surface area contributed by atoms with Crippen LogP contribution < -0.4 is 5.73 Å². The minimum atomic E-state index is -0.491. The van der Waals surface area contributed by atoms with E-state index in [1.54, 1.807) is 6.21 Å². The second-order valence-corrected chi connectivity index (χ2v) is 2.66. The van der Waals surface area contributed by atoms with Crippen LogP contribution in [0.25, 0.3) is 0 Å². The first-order valence-corrected chi connectivity index (χ1v) is 3.85. The zero-order valence-electron chi connectivity index (χ0n) is 6.55. The summed E-state index contributed by atoms with van der Waals surface area (Å²) in [4.78, 5) is 3.92. The van der Waals surface area contributed by atoms with E-state index in [-0.39, 0.29) is 6.10 Å². The first kappa shape index (κ1) is 7.46. The van der Waals surface area contributed by atoms with Gasteiger partial charge in [0.15, 0.2) is 0 Å². The van der Waals surface area contributed by atoms with Gasteiger partial charge in [-0.2, -0.15) is 0 Å². The molecular formula is C9H10N2O. The Hall–Kier alpha value is -1.19. The molecule has 0 aliphatic carbocycles. The van der Waals surface area contributed by atoms with E-state index in [0.29, 0.717) is 0 Å². The minimum Gasteiger partial charge on any atom is -0.330 e. The Morgan fingerprint density at radius 2 is 2.00 bits per heavy atom. The Morgan fingerprint density at radius 3 is 2.58 bits per heavy atom. The summed E-state index contributed by atoms with van der Waals surface area (Å²) < 4.78 is 5.30. The predicted molar refractivity (Wildman–Crippen MR) is 46.7 cm³/mol. The van der Waals surface area contributed by atoms with Crippen LogP contribution in [0, 0.1) is 0 Å². The SMILES string of the molecule is NC1N=CC(c2ccccc2)O1. The van der Waals surface area contributed by atoms with Crippen molar-refractivity contribution in [3.8, 4) is 0 Å². The van der Waals surface area contributed by atoms with Crippen molar-refractivity contribution in [1.82, 2.24) is 0 Å². The molecule has 0 spiro atoms. The van der Waals surface area contributed by atoms with E-state index in [9.17, 15) is 0 Å². The van der Waals surface area contributed by atoms with Crippen LogP contribution >= 0.6 is 0 Å². The van der Waals surface area contributed by atoms with Crippen molar-refractivity contribution in [3.05, 3.63) is 35.9 Å². The number of aliphatic imine (C=N–C) groups is 1. The van der Waals surface area contributed by atoms with Crippen LogP contribution in [0.3, 0.4) is 0 Å². The smallest absolute Gasteiger partial charge is 0.202 e. The van der Waals surface area contributed by atoms with Gasteiger partial charge in [-0.3, -0.25) is 5.73 Å². The standard InChI is InChI=1S/C9H10N2O/c10-9-11-6-8(12-9)7-4-2-1-3-5-7/h1-6,8-9H,10H2. The fourth-order valence-corrected chi connectivity index (χ4v) is 1.19. The molecular weight excluding hydrogens is 152 g/mol. The molecule has 1 aromatic rings. The molecule has 2 rings (SSSR count). The summed E-state index contributed by atoms with van der Waals surface area (Å²) in [6.45, 7) is 0. The Morgan fingerprint density at radius 1 is 1.25 bits per heavy atom. The number of nitrogens with two attached hydrogens (primary N) is 1. The second kappa shape index (κ2) is 3.05. The van der Waals surface area contributed by atoms with Crippen LogP contribution in [0.2, 0.25) is 0 Å². The van der Waals surface area contributed by atoms with Gasteiger partial charge in [-0.15, -0.1) is 0 Å². The van der Waals surface area contributed by atoms with Crippen LogP contribution in [-0.4, -0.2) is 12.6 Å². The Labute approximate surface area is 70.9 Å². The maximum Gasteiger partial charge on any atom is 0.202 e. The molecule has 12 heavy (non-hydrogen) atoms. The molecule has 3 heteroatoms. The average molecular weight is 162 g/mol. The third-order valence-electron chi connectivity index (χ3n) is 1.78. The van der Waals surface area contributed by atoms with Gasteiger partial charge in [0.05, 0.1) is 0 Å². The van der Waals surface area contributed by atoms with E-state index in [2.05, 4.69) is 4.99 Å². The predicted octanol–water partition coefficient (Wildman–Crippen LogP) is 1.07. The van der Waals surface area contributed by atoms with Crippen LogP contribution in [-0.2, 0) is 4.74 Å². The van der Waals surface area contributed by atoms with E-state index < -0.39 is 6.35 Å². The van der Waals surface area contributed by atoms with E-state index in [1.807, 2.05) is 30.3 Å². The van der Waals surface area contributed by atoms with Crippen molar-refractivity contribution in [1.29, 1.82) is 0 Å². The molecule has 0 radical (unpaired) electrons. The second-order valence-electron chi connectivity index (χ2n) is 2.66. The topological polar surface area (TPSA) is 47.6 Å². The monoisotopic (exact) mass is 162 g/mol. The van der Waals surface area contributed by atoms with Crippen molar-refractivity contribution in [2.45, 2.75) is 12.5 Å². The van der Waals surface area contributed by atoms with Crippen LogP contribution in [0.1, 0.15) is 11.7 Å². The highest BCUT2D eigenvalue weighted by atomic mass is 16.5. The molecule has 1 aliphatic heterocycles. The molecule has 0 fully saturated rings. The van der Waals surface area contributed by atoms with Gasteiger partial charge in [-0.25, -0.2) is 4.99 Å². The zero-order chi connectivity index (χ0) is 8.39. The van der Waals surface area contributed by atoms with Gasteiger partial charge in [-0.1, -0.05) is 30.3 Å². The van der Waals surface area contributed by atoms with Crippen LogP contribution in [0.5, 0.6) is 0 Å². The Balaban J connectivity index is 2.18. The van der Waals surface area contributed by atoms with Crippen LogP contribution in [0.4, 0.5) is 0 Å². The fourth-order valence-electron chi connectivity index (χ4n) is 1.19. The van der Waals surface area contributed by atoms with Gasteiger partial charge < -0.3 is 4.74 Å². The summed E-state index contributed by atoms with van der Waals surface area (Å²) in [6, 6.07) is 9.89. The van der Waals surface area contributed by atoms with Crippen molar-refractivity contribution in [2.75, 3.05) is 0 Å². The van der Waals surface area contributed by atoms with Crippen molar-refractivity contribution < 1.29 is 4.74 Å². The van der Waals surface area contributed by atoms with Crippen molar-refractivity contribution >= 4 is 6.21 Å². The van der Waals surface area contributed by atoms with E-state index >= 15 is 0 Å². The lowest BCUT2D eigenvalue weighted by molar-refractivity contribution is 0.0556. The number of rotatable bonds is 1. The minimum absolute atomic E-state index is 0.0683. The molecule has 0 saturated heterocycles. The quantitative estimate of drug-likeness (QED) is 0.671. The number of nitrogens with zero attached hydrogens (tertiary/aromatic N) is 1. The molecule has 2 atom stereocenters. The third kappa shape index (κ3) is 1.37. The Kier molecular flexibility index (Phi) is 1.89. The summed E-state index contributed by atoms with van der Waals surface area (Å²) >= 11 is 0. The molecule has 2 N–H and O–H groups in total. The lowest BCUT2D eigenvalue weighted by Gasteiger charge is -2.08. The van der Waals surface area contributed by atoms with Gasteiger partial charge in [0.1, 0.15) is 6.10 Å². The van der Waals surface area contributed by atoms with Crippen molar-refractivity contribution in [3.63, 3.8) is 0 Å². The maximum absolute atomic E-state index is 5.44.